The summed E-state index contributed by atoms with van der Waals surface area (Å²) in [4.78, 5) is 4.38. The van der Waals surface area contributed by atoms with Crippen molar-refractivity contribution in [3.05, 3.63) is 28.8 Å². The number of aliphatic hydroxyl groups excluding tert-OH is 1. The zero-order chi connectivity index (χ0) is 14.5. The lowest BCUT2D eigenvalue weighted by Gasteiger charge is -2.36. The van der Waals surface area contributed by atoms with Gasteiger partial charge >= 0.3 is 0 Å². The van der Waals surface area contributed by atoms with Crippen LogP contribution in [0.15, 0.2) is 23.4 Å². The third-order valence-electron chi connectivity index (χ3n) is 3.47. The molecule has 0 atom stereocenters. The van der Waals surface area contributed by atoms with Crippen LogP contribution in [0.4, 0.5) is 5.69 Å². The number of nitrogens with two attached hydrogens (primary N) is 1. The molecule has 4 N–H and O–H groups in total. The number of hydrogen-bond acceptors (Lipinski definition) is 5. The minimum atomic E-state index is 0.0558. The predicted molar refractivity (Wildman–Crippen MR) is 79.7 cm³/mol. The molecule has 1 aromatic rings. The summed E-state index contributed by atoms with van der Waals surface area (Å²) < 4.78 is 0. The van der Waals surface area contributed by atoms with E-state index in [4.69, 9.17) is 27.6 Å². The second-order valence-electron chi connectivity index (χ2n) is 4.70. The van der Waals surface area contributed by atoms with Crippen LogP contribution in [0.5, 0.6) is 0 Å². The number of halogens is 1. The van der Waals surface area contributed by atoms with Crippen molar-refractivity contribution in [2.75, 3.05) is 44.2 Å². The van der Waals surface area contributed by atoms with Gasteiger partial charge in [-0.3, -0.25) is 4.90 Å². The first-order valence-electron chi connectivity index (χ1n) is 6.51. The lowest BCUT2D eigenvalue weighted by atomic mass is 10.1. The van der Waals surface area contributed by atoms with Crippen molar-refractivity contribution < 1.29 is 10.3 Å². The van der Waals surface area contributed by atoms with Gasteiger partial charge < -0.3 is 20.9 Å². The second kappa shape index (κ2) is 6.78. The highest BCUT2D eigenvalue weighted by atomic mass is 35.5. The largest absolute Gasteiger partial charge is 0.409 e. The maximum Gasteiger partial charge on any atom is 0.172 e. The number of β-amino-alcohol motifs (C(OH)–C–C–N with tert-alkyl or cyclic N) is 1. The summed E-state index contributed by atoms with van der Waals surface area (Å²) in [5.41, 5.74) is 7.26. The molecule has 0 unspecified atom stereocenters. The lowest BCUT2D eigenvalue weighted by molar-refractivity contribution is 0.189. The summed E-state index contributed by atoms with van der Waals surface area (Å²) in [5, 5.41) is 21.4. The van der Waals surface area contributed by atoms with E-state index in [1.54, 1.807) is 12.1 Å². The van der Waals surface area contributed by atoms with Crippen molar-refractivity contribution in [2.24, 2.45) is 10.9 Å². The molecule has 110 valence electrons. The summed E-state index contributed by atoms with van der Waals surface area (Å²) >= 11 is 5.97. The van der Waals surface area contributed by atoms with Crippen molar-refractivity contribution in [2.45, 2.75) is 0 Å². The van der Waals surface area contributed by atoms with Gasteiger partial charge in [-0.25, -0.2) is 0 Å². The number of nitrogens with zero attached hydrogens (tertiary/aromatic N) is 3. The van der Waals surface area contributed by atoms with Gasteiger partial charge in [0.1, 0.15) is 0 Å². The number of piperazine rings is 1. The molecular formula is C13H19ClN4O2. The third kappa shape index (κ3) is 3.33. The molecule has 0 radical (unpaired) electrons. The summed E-state index contributed by atoms with van der Waals surface area (Å²) in [7, 11) is 0. The van der Waals surface area contributed by atoms with Gasteiger partial charge in [0.25, 0.3) is 0 Å². The summed E-state index contributed by atoms with van der Waals surface area (Å²) in [6.07, 6.45) is 0. The van der Waals surface area contributed by atoms with Gasteiger partial charge in [-0.05, 0) is 18.2 Å². The van der Waals surface area contributed by atoms with Crippen LogP contribution in [0, 0.1) is 0 Å². The van der Waals surface area contributed by atoms with Gasteiger partial charge in [-0.1, -0.05) is 16.8 Å². The van der Waals surface area contributed by atoms with Crippen molar-refractivity contribution in [3.63, 3.8) is 0 Å². The van der Waals surface area contributed by atoms with Gasteiger partial charge in [0.15, 0.2) is 5.84 Å². The molecule has 1 aliphatic rings. The van der Waals surface area contributed by atoms with E-state index in [1.807, 2.05) is 6.07 Å². The Morgan fingerprint density at radius 2 is 2.00 bits per heavy atom. The molecule has 7 heteroatoms. The van der Waals surface area contributed by atoms with E-state index in [1.165, 1.54) is 0 Å². The first kappa shape index (κ1) is 14.9. The number of rotatable bonds is 4. The van der Waals surface area contributed by atoms with Gasteiger partial charge in [-0.2, -0.15) is 0 Å². The Morgan fingerprint density at radius 1 is 1.30 bits per heavy atom. The van der Waals surface area contributed by atoms with Crippen LogP contribution in [0.3, 0.4) is 0 Å². The average Bonchev–Trinajstić information content (AvgIpc) is 2.47. The predicted octanol–water partition coefficient (Wildman–Crippen LogP) is 0.549. The number of anilines is 1. The fourth-order valence-corrected chi connectivity index (χ4v) is 2.57. The molecule has 0 bridgehead atoms. The third-order valence-corrected chi connectivity index (χ3v) is 3.71. The number of aliphatic hydroxyl groups is 1. The smallest absolute Gasteiger partial charge is 0.172 e. The highest BCUT2D eigenvalue weighted by Gasteiger charge is 2.20. The Morgan fingerprint density at radius 3 is 2.60 bits per heavy atom. The SMILES string of the molecule is NC(=NO)c1cc(Cl)ccc1N1CCN(CCO)CC1. The molecule has 2 rings (SSSR count). The summed E-state index contributed by atoms with van der Waals surface area (Å²) in [6.45, 7) is 4.27. The van der Waals surface area contributed by atoms with E-state index in [0.29, 0.717) is 17.1 Å². The Bertz CT molecular complexity index is 487. The Kier molecular flexibility index (Phi) is 5.05. The van der Waals surface area contributed by atoms with Crippen molar-refractivity contribution in [1.29, 1.82) is 0 Å². The van der Waals surface area contributed by atoms with Crippen molar-refractivity contribution in [1.82, 2.24) is 4.90 Å². The Labute approximate surface area is 123 Å². The highest BCUT2D eigenvalue weighted by molar-refractivity contribution is 6.31. The Hall–Kier alpha value is -1.50. The average molecular weight is 299 g/mol. The van der Waals surface area contributed by atoms with Crippen LogP contribution >= 0.6 is 11.6 Å². The van der Waals surface area contributed by atoms with Gasteiger partial charge in [0.05, 0.1) is 6.61 Å². The summed E-state index contributed by atoms with van der Waals surface area (Å²) in [6, 6.07) is 5.38. The van der Waals surface area contributed by atoms with Crippen LogP contribution < -0.4 is 10.6 Å². The molecule has 0 aromatic heterocycles. The molecule has 1 saturated heterocycles. The minimum absolute atomic E-state index is 0.0558. The van der Waals surface area contributed by atoms with E-state index in [-0.39, 0.29) is 12.4 Å². The van der Waals surface area contributed by atoms with Crippen molar-refractivity contribution >= 4 is 23.1 Å². The van der Waals surface area contributed by atoms with Gasteiger partial charge in [0, 0.05) is 49.0 Å². The number of hydrogen-bond donors (Lipinski definition) is 3. The monoisotopic (exact) mass is 298 g/mol. The van der Waals surface area contributed by atoms with Crippen LogP contribution in [0.25, 0.3) is 0 Å². The molecule has 6 nitrogen and oxygen atoms in total. The Balaban J connectivity index is 2.17. The standard InChI is InChI=1S/C13H19ClN4O2/c14-10-1-2-12(11(9-10)13(15)16-20)18-5-3-17(4-6-18)7-8-19/h1-2,9,19-20H,3-8H2,(H2,15,16). The maximum atomic E-state index is 8.95. The van der Waals surface area contributed by atoms with Gasteiger partial charge in [0.2, 0.25) is 0 Å². The summed E-state index contributed by atoms with van der Waals surface area (Å²) in [5.74, 6) is 0.0558. The molecule has 0 amide bonds. The first-order chi connectivity index (χ1) is 9.65. The molecule has 0 spiro atoms. The fourth-order valence-electron chi connectivity index (χ4n) is 2.40. The lowest BCUT2D eigenvalue weighted by Crippen LogP contribution is -2.47. The van der Waals surface area contributed by atoms with E-state index in [9.17, 15) is 0 Å². The molecule has 1 heterocycles. The molecule has 1 aliphatic heterocycles. The van der Waals surface area contributed by atoms with Gasteiger partial charge in [-0.15, -0.1) is 0 Å². The van der Waals surface area contributed by atoms with E-state index >= 15 is 0 Å². The van der Waals surface area contributed by atoms with E-state index < -0.39 is 0 Å². The number of oxime groups is 1. The first-order valence-corrected chi connectivity index (χ1v) is 6.89. The minimum Gasteiger partial charge on any atom is -0.409 e. The zero-order valence-corrected chi connectivity index (χ0v) is 11.9. The topological polar surface area (TPSA) is 85.3 Å². The van der Waals surface area contributed by atoms with Crippen molar-refractivity contribution in [3.8, 4) is 0 Å². The maximum absolute atomic E-state index is 8.95. The molecule has 0 saturated carbocycles. The number of benzene rings is 1. The fraction of sp³-hybridized carbons (Fsp3) is 0.462. The highest BCUT2D eigenvalue weighted by Crippen LogP contribution is 2.25. The molecule has 1 aromatic carbocycles. The molecular weight excluding hydrogens is 280 g/mol. The normalized spacial score (nSPS) is 17.5. The van der Waals surface area contributed by atoms with Crippen LogP contribution in [-0.2, 0) is 0 Å². The van der Waals surface area contributed by atoms with Crippen LogP contribution in [0.2, 0.25) is 5.02 Å². The van der Waals surface area contributed by atoms with E-state index in [0.717, 1.165) is 31.9 Å². The molecule has 0 aliphatic carbocycles. The molecule has 20 heavy (non-hydrogen) atoms. The quantitative estimate of drug-likeness (QED) is 0.327. The van der Waals surface area contributed by atoms with E-state index in [2.05, 4.69) is 15.0 Å². The number of amidine groups is 1. The van der Waals surface area contributed by atoms with Crippen LogP contribution in [0.1, 0.15) is 5.56 Å². The molecule has 1 fully saturated rings. The van der Waals surface area contributed by atoms with Crippen LogP contribution in [-0.4, -0.2) is 60.4 Å². The zero-order valence-electron chi connectivity index (χ0n) is 11.2. The second-order valence-corrected chi connectivity index (χ2v) is 5.14.